The number of ether oxygens (including phenoxy) is 1. The minimum absolute atomic E-state index is 0.195. The van der Waals surface area contributed by atoms with Gasteiger partial charge in [-0.2, -0.15) is 5.10 Å². The van der Waals surface area contributed by atoms with Gasteiger partial charge in [0, 0.05) is 4.83 Å². The van der Waals surface area contributed by atoms with E-state index in [0.29, 0.717) is 29.4 Å². The summed E-state index contributed by atoms with van der Waals surface area (Å²) in [7, 11) is 0. The fourth-order valence-electron chi connectivity index (χ4n) is 2.05. The van der Waals surface area contributed by atoms with Crippen molar-refractivity contribution >= 4 is 21.9 Å². The number of nitrogens with zero attached hydrogens (tertiary/aromatic N) is 2. The summed E-state index contributed by atoms with van der Waals surface area (Å²) in [4.78, 5) is 12.2. The quantitative estimate of drug-likeness (QED) is 0.659. The molecule has 1 N–H and O–H groups in total. The lowest BCUT2D eigenvalue weighted by Crippen LogP contribution is -2.16. The highest BCUT2D eigenvalue weighted by Crippen LogP contribution is 2.21. The van der Waals surface area contributed by atoms with Crippen LogP contribution in [0.4, 0.5) is 0 Å². The van der Waals surface area contributed by atoms with Crippen molar-refractivity contribution in [1.82, 2.24) is 9.78 Å². The van der Waals surface area contributed by atoms with Crippen molar-refractivity contribution in [2.45, 2.75) is 31.3 Å². The number of rotatable bonds is 5. The molecule has 1 unspecified atom stereocenters. The number of hydrogen-bond acceptors (Lipinski definition) is 4. The number of aliphatic hydroxyl groups is 1. The van der Waals surface area contributed by atoms with Crippen LogP contribution < -0.4 is 0 Å². The molecule has 1 aromatic rings. The third kappa shape index (κ3) is 3.58. The number of carbonyl (C=O) groups excluding carboxylic acids is 1. The lowest BCUT2D eigenvalue weighted by molar-refractivity contribution is 0.0512. The molecule has 1 atom stereocenters. The highest BCUT2D eigenvalue weighted by Gasteiger charge is 2.18. The van der Waals surface area contributed by atoms with Gasteiger partial charge in [-0.15, -0.1) is 0 Å². The van der Waals surface area contributed by atoms with Crippen LogP contribution in [0.5, 0.6) is 0 Å². The Hall–Kier alpha value is -1.40. The summed E-state index contributed by atoms with van der Waals surface area (Å²) in [6.07, 6.45) is 6.94. The van der Waals surface area contributed by atoms with E-state index in [1.807, 2.05) is 12.2 Å². The molecule has 2 rings (SSSR count). The van der Waals surface area contributed by atoms with E-state index in [0.717, 1.165) is 12.0 Å². The Labute approximate surface area is 126 Å². The number of aliphatic hydroxyl groups excluding tert-OH is 1. The van der Waals surface area contributed by atoms with Gasteiger partial charge in [0.1, 0.15) is 5.69 Å². The van der Waals surface area contributed by atoms with Crippen molar-refractivity contribution < 1.29 is 14.6 Å². The van der Waals surface area contributed by atoms with Crippen LogP contribution in [-0.4, -0.2) is 32.3 Å². The maximum atomic E-state index is 11.9. The van der Waals surface area contributed by atoms with Crippen LogP contribution in [0.1, 0.15) is 29.5 Å². The Morgan fingerprint density at radius 3 is 3.10 bits per heavy atom. The van der Waals surface area contributed by atoms with Crippen molar-refractivity contribution in [3.63, 3.8) is 0 Å². The normalized spacial score (nSPS) is 17.9. The topological polar surface area (TPSA) is 64.3 Å². The third-order valence-electron chi connectivity index (χ3n) is 2.94. The SMILES string of the molecule is CCOC(=O)c1cc(CO)nn1CC1=CC=CC(Br)C1. The molecule has 20 heavy (non-hydrogen) atoms. The highest BCUT2D eigenvalue weighted by molar-refractivity contribution is 9.09. The van der Waals surface area contributed by atoms with Gasteiger partial charge in [0.2, 0.25) is 0 Å². The van der Waals surface area contributed by atoms with Crippen LogP contribution in [-0.2, 0) is 17.9 Å². The first kappa shape index (κ1) is 15.0. The Morgan fingerprint density at radius 2 is 2.45 bits per heavy atom. The zero-order chi connectivity index (χ0) is 14.5. The van der Waals surface area contributed by atoms with E-state index in [9.17, 15) is 9.90 Å². The predicted molar refractivity (Wildman–Crippen MR) is 78.7 cm³/mol. The fourth-order valence-corrected chi connectivity index (χ4v) is 2.64. The van der Waals surface area contributed by atoms with Gasteiger partial charge in [-0.1, -0.05) is 34.2 Å². The molecule has 0 bridgehead atoms. The summed E-state index contributed by atoms with van der Waals surface area (Å²) in [6, 6.07) is 1.57. The number of hydrogen-bond donors (Lipinski definition) is 1. The highest BCUT2D eigenvalue weighted by atomic mass is 79.9. The molecule has 0 radical (unpaired) electrons. The maximum absolute atomic E-state index is 11.9. The first-order valence-corrected chi connectivity index (χ1v) is 7.40. The second kappa shape index (κ2) is 6.85. The molecule has 1 aliphatic carbocycles. The molecular formula is C14H17BrN2O3. The Morgan fingerprint density at radius 1 is 1.65 bits per heavy atom. The summed E-state index contributed by atoms with van der Waals surface area (Å²) >= 11 is 3.54. The van der Waals surface area contributed by atoms with Gasteiger partial charge in [0.15, 0.2) is 0 Å². The summed E-state index contributed by atoms with van der Waals surface area (Å²) in [6.45, 7) is 2.39. The first-order valence-electron chi connectivity index (χ1n) is 6.49. The van der Waals surface area contributed by atoms with E-state index in [1.165, 1.54) is 0 Å². The molecule has 1 aliphatic rings. The van der Waals surface area contributed by atoms with Crippen LogP contribution in [0.2, 0.25) is 0 Å². The third-order valence-corrected chi connectivity index (χ3v) is 3.57. The van der Waals surface area contributed by atoms with E-state index >= 15 is 0 Å². The number of esters is 1. The molecule has 0 aliphatic heterocycles. The molecule has 108 valence electrons. The molecule has 0 spiro atoms. The second-order valence-electron chi connectivity index (χ2n) is 4.49. The van der Waals surface area contributed by atoms with Gasteiger partial charge in [0.05, 0.1) is 25.5 Å². The number of aromatic nitrogens is 2. The summed E-state index contributed by atoms with van der Waals surface area (Å²) in [5, 5.41) is 13.4. The zero-order valence-corrected chi connectivity index (χ0v) is 12.8. The molecule has 1 heterocycles. The average molecular weight is 341 g/mol. The van der Waals surface area contributed by atoms with Crippen LogP contribution in [0.25, 0.3) is 0 Å². The van der Waals surface area contributed by atoms with Crippen molar-refractivity contribution in [2.24, 2.45) is 0 Å². The monoisotopic (exact) mass is 340 g/mol. The van der Waals surface area contributed by atoms with Crippen molar-refractivity contribution in [1.29, 1.82) is 0 Å². The number of alkyl halides is 1. The maximum Gasteiger partial charge on any atom is 0.356 e. The van der Waals surface area contributed by atoms with Crippen molar-refractivity contribution in [3.05, 3.63) is 41.3 Å². The Kier molecular flexibility index (Phi) is 5.14. The smallest absolute Gasteiger partial charge is 0.356 e. The van der Waals surface area contributed by atoms with Crippen LogP contribution >= 0.6 is 15.9 Å². The Balaban J connectivity index is 2.21. The summed E-state index contributed by atoms with van der Waals surface area (Å²) < 4.78 is 6.60. The minimum atomic E-state index is -0.415. The van der Waals surface area contributed by atoms with E-state index in [4.69, 9.17) is 4.74 Å². The molecule has 0 aromatic carbocycles. The standard InChI is InChI=1S/C14H17BrN2O3/c1-2-20-14(19)13-7-12(9-18)16-17(13)8-10-4-3-5-11(15)6-10/h3-5,7,11,18H,2,6,8-9H2,1H3. The van der Waals surface area contributed by atoms with Crippen LogP contribution in [0.3, 0.4) is 0 Å². The minimum Gasteiger partial charge on any atom is -0.461 e. The fraction of sp³-hybridized carbons (Fsp3) is 0.429. The first-order chi connectivity index (χ1) is 9.63. The molecule has 5 nitrogen and oxygen atoms in total. The van der Waals surface area contributed by atoms with E-state index in [-0.39, 0.29) is 6.61 Å². The zero-order valence-electron chi connectivity index (χ0n) is 11.3. The van der Waals surface area contributed by atoms with E-state index < -0.39 is 5.97 Å². The second-order valence-corrected chi connectivity index (χ2v) is 5.66. The van der Waals surface area contributed by atoms with Gasteiger partial charge in [0.25, 0.3) is 0 Å². The van der Waals surface area contributed by atoms with Crippen LogP contribution in [0.15, 0.2) is 29.9 Å². The van der Waals surface area contributed by atoms with Crippen LogP contribution in [0, 0.1) is 0 Å². The molecule has 6 heteroatoms. The molecule has 0 saturated heterocycles. The predicted octanol–water partition coefficient (Wildman–Crippen LogP) is 2.20. The number of carbonyl (C=O) groups is 1. The average Bonchev–Trinajstić information content (AvgIpc) is 2.82. The molecular weight excluding hydrogens is 324 g/mol. The van der Waals surface area contributed by atoms with E-state index in [2.05, 4.69) is 27.1 Å². The lowest BCUT2D eigenvalue weighted by atomic mass is 10.1. The summed E-state index contributed by atoms with van der Waals surface area (Å²) in [5.41, 5.74) is 2.00. The van der Waals surface area contributed by atoms with Gasteiger partial charge in [-0.25, -0.2) is 4.79 Å². The lowest BCUT2D eigenvalue weighted by Gasteiger charge is -2.14. The molecule has 0 fully saturated rings. The van der Waals surface area contributed by atoms with Gasteiger partial charge in [-0.05, 0) is 25.0 Å². The Bertz CT molecular complexity index is 549. The largest absolute Gasteiger partial charge is 0.461 e. The van der Waals surface area contributed by atoms with Crippen molar-refractivity contribution in [3.8, 4) is 0 Å². The number of allylic oxidation sites excluding steroid dienone is 4. The van der Waals surface area contributed by atoms with Gasteiger partial charge >= 0.3 is 5.97 Å². The van der Waals surface area contributed by atoms with E-state index in [1.54, 1.807) is 17.7 Å². The molecule has 0 saturated carbocycles. The van der Waals surface area contributed by atoms with Gasteiger partial charge in [-0.3, -0.25) is 4.68 Å². The van der Waals surface area contributed by atoms with Gasteiger partial charge < -0.3 is 9.84 Å². The molecule has 0 amide bonds. The summed E-state index contributed by atoms with van der Waals surface area (Å²) in [5.74, 6) is -0.415. The molecule has 1 aromatic heterocycles. The van der Waals surface area contributed by atoms with Crippen molar-refractivity contribution in [2.75, 3.05) is 6.61 Å². The number of halogens is 1.